The van der Waals surface area contributed by atoms with Crippen molar-refractivity contribution in [3.8, 4) is 5.75 Å². The average molecular weight is 400 g/mol. The molecule has 0 radical (unpaired) electrons. The highest BCUT2D eigenvalue weighted by Gasteiger charge is 2.21. The third-order valence-corrected chi connectivity index (χ3v) is 4.59. The lowest BCUT2D eigenvalue weighted by Crippen LogP contribution is -2.40. The molecule has 0 spiro atoms. The second-order valence-corrected chi connectivity index (χ2v) is 6.66. The minimum absolute atomic E-state index is 0.0102. The quantitative estimate of drug-likeness (QED) is 0.661. The van der Waals surface area contributed by atoms with Gasteiger partial charge in [0.2, 0.25) is 0 Å². The van der Waals surface area contributed by atoms with Gasteiger partial charge in [0.05, 0.1) is 7.11 Å². The number of anilines is 2. The molecule has 0 aliphatic heterocycles. The zero-order chi connectivity index (χ0) is 21.6. The number of H-pyrrole nitrogens is 1. The van der Waals surface area contributed by atoms with Crippen molar-refractivity contribution in [1.29, 1.82) is 0 Å². The molecule has 1 amide bonds. The van der Waals surface area contributed by atoms with E-state index >= 15 is 0 Å². The van der Waals surface area contributed by atoms with Gasteiger partial charge in [0.1, 0.15) is 11.6 Å². The number of methoxy groups -OCH3 is 1. The first-order valence-electron chi connectivity index (χ1n) is 9.60. The van der Waals surface area contributed by atoms with Crippen LogP contribution in [0.5, 0.6) is 5.75 Å². The van der Waals surface area contributed by atoms with E-state index in [4.69, 9.17) is 10.5 Å². The Morgan fingerprint density at radius 2 is 2.03 bits per heavy atom. The predicted octanol–water partition coefficient (Wildman–Crippen LogP) is 2.30. The zero-order valence-corrected chi connectivity index (χ0v) is 17.3. The summed E-state index contributed by atoms with van der Waals surface area (Å²) in [5.74, 6) is 0.200. The number of aromatic nitrogens is 2. The van der Waals surface area contributed by atoms with Crippen molar-refractivity contribution < 1.29 is 9.53 Å². The molecule has 0 fully saturated rings. The normalized spacial score (nSPS) is 11.0. The number of aryl methyl sites for hydroxylation is 1. The van der Waals surface area contributed by atoms with E-state index in [0.29, 0.717) is 12.3 Å². The SMILES string of the molecule is CCCCn1c(N)c(N(CC)C(=O)/C=C/c2cc(C)ccc2OC)c(=O)[nH]c1=O. The summed E-state index contributed by atoms with van der Waals surface area (Å²) in [4.78, 5) is 40.9. The summed E-state index contributed by atoms with van der Waals surface area (Å²) in [5, 5.41) is 0. The molecule has 0 bridgehead atoms. The number of nitrogens with zero attached hydrogens (tertiary/aromatic N) is 2. The highest BCUT2D eigenvalue weighted by Crippen LogP contribution is 2.22. The number of nitrogens with two attached hydrogens (primary N) is 1. The molecule has 1 aromatic carbocycles. The van der Waals surface area contributed by atoms with Crippen molar-refractivity contribution in [2.75, 3.05) is 24.3 Å². The lowest BCUT2D eigenvalue weighted by atomic mass is 10.1. The van der Waals surface area contributed by atoms with Crippen molar-refractivity contribution in [3.05, 3.63) is 56.2 Å². The minimum atomic E-state index is -0.683. The maximum absolute atomic E-state index is 12.8. The summed E-state index contributed by atoms with van der Waals surface area (Å²) in [6.07, 6.45) is 4.58. The first-order valence-corrected chi connectivity index (χ1v) is 9.60. The molecule has 0 unspecified atom stereocenters. The molecule has 0 aliphatic carbocycles. The summed E-state index contributed by atoms with van der Waals surface area (Å²) in [6, 6.07) is 5.63. The summed E-state index contributed by atoms with van der Waals surface area (Å²) >= 11 is 0. The van der Waals surface area contributed by atoms with Crippen LogP contribution in [0.4, 0.5) is 11.5 Å². The number of benzene rings is 1. The fourth-order valence-corrected chi connectivity index (χ4v) is 3.04. The first-order chi connectivity index (χ1) is 13.8. The third kappa shape index (κ3) is 4.96. The largest absolute Gasteiger partial charge is 0.496 e. The van der Waals surface area contributed by atoms with Gasteiger partial charge in [-0.15, -0.1) is 0 Å². The van der Waals surface area contributed by atoms with Gasteiger partial charge in [0, 0.05) is 24.7 Å². The maximum Gasteiger partial charge on any atom is 0.330 e. The van der Waals surface area contributed by atoms with E-state index in [1.807, 2.05) is 32.0 Å². The molecule has 29 heavy (non-hydrogen) atoms. The van der Waals surface area contributed by atoms with Gasteiger partial charge < -0.3 is 15.4 Å². The van der Waals surface area contributed by atoms with E-state index in [9.17, 15) is 14.4 Å². The van der Waals surface area contributed by atoms with E-state index in [0.717, 1.165) is 24.0 Å². The Kier molecular flexibility index (Phi) is 7.41. The number of hydrogen-bond acceptors (Lipinski definition) is 5. The lowest BCUT2D eigenvalue weighted by molar-refractivity contribution is -0.114. The molecule has 8 nitrogen and oxygen atoms in total. The number of carbonyl (C=O) groups is 1. The van der Waals surface area contributed by atoms with E-state index in [2.05, 4.69) is 4.98 Å². The van der Waals surface area contributed by atoms with Crippen LogP contribution in [0.3, 0.4) is 0 Å². The molecule has 0 saturated carbocycles. The standard InChI is InChI=1S/C21H28N4O4/c1-5-7-12-25-19(22)18(20(27)23-21(25)28)24(6-2)17(26)11-9-15-13-14(3)8-10-16(15)29-4/h8-11,13H,5-7,12,22H2,1-4H3,(H,23,27,28)/b11-9+. The number of hydrogen-bond donors (Lipinski definition) is 2. The smallest absolute Gasteiger partial charge is 0.330 e. The van der Waals surface area contributed by atoms with Crippen molar-refractivity contribution in [1.82, 2.24) is 9.55 Å². The van der Waals surface area contributed by atoms with Crippen molar-refractivity contribution in [2.45, 2.75) is 40.2 Å². The average Bonchev–Trinajstić information content (AvgIpc) is 2.69. The van der Waals surface area contributed by atoms with Crippen molar-refractivity contribution in [2.24, 2.45) is 0 Å². The molecule has 156 valence electrons. The van der Waals surface area contributed by atoms with E-state index in [-0.39, 0.29) is 18.1 Å². The second-order valence-electron chi connectivity index (χ2n) is 6.66. The van der Waals surface area contributed by atoms with Crippen LogP contribution in [0.25, 0.3) is 6.08 Å². The molecular weight excluding hydrogens is 372 g/mol. The molecule has 1 aromatic heterocycles. The summed E-state index contributed by atoms with van der Waals surface area (Å²) < 4.78 is 6.61. The van der Waals surface area contributed by atoms with Crippen LogP contribution in [0.2, 0.25) is 0 Å². The topological polar surface area (TPSA) is 110 Å². The molecule has 1 heterocycles. The Labute approximate surface area is 169 Å². The van der Waals surface area contributed by atoms with Crippen LogP contribution in [0.15, 0.2) is 33.9 Å². The van der Waals surface area contributed by atoms with E-state index in [1.165, 1.54) is 15.5 Å². The Morgan fingerprint density at radius 1 is 1.31 bits per heavy atom. The minimum Gasteiger partial charge on any atom is -0.496 e. The monoisotopic (exact) mass is 400 g/mol. The van der Waals surface area contributed by atoms with Crippen LogP contribution < -0.4 is 26.6 Å². The van der Waals surface area contributed by atoms with Crippen LogP contribution in [0, 0.1) is 6.92 Å². The van der Waals surface area contributed by atoms with Crippen LogP contribution in [-0.4, -0.2) is 29.1 Å². The predicted molar refractivity (Wildman–Crippen MR) is 115 cm³/mol. The Morgan fingerprint density at radius 3 is 2.66 bits per heavy atom. The number of ether oxygens (including phenoxy) is 1. The summed E-state index contributed by atoms with van der Waals surface area (Å²) in [5.41, 5.74) is 6.60. The summed E-state index contributed by atoms with van der Waals surface area (Å²) in [7, 11) is 1.56. The summed E-state index contributed by atoms with van der Waals surface area (Å²) in [6.45, 7) is 6.25. The van der Waals surface area contributed by atoms with Crippen molar-refractivity contribution in [3.63, 3.8) is 0 Å². The number of aromatic amines is 1. The van der Waals surface area contributed by atoms with Crippen LogP contribution in [0.1, 0.15) is 37.8 Å². The number of carbonyl (C=O) groups excluding carboxylic acids is 1. The Balaban J connectivity index is 2.43. The third-order valence-electron chi connectivity index (χ3n) is 4.59. The van der Waals surface area contributed by atoms with E-state index in [1.54, 1.807) is 20.1 Å². The van der Waals surface area contributed by atoms with Gasteiger partial charge in [-0.3, -0.25) is 19.1 Å². The van der Waals surface area contributed by atoms with Crippen molar-refractivity contribution >= 4 is 23.5 Å². The molecule has 0 atom stereocenters. The number of rotatable bonds is 8. The van der Waals surface area contributed by atoms with Gasteiger partial charge in [-0.05, 0) is 38.5 Å². The zero-order valence-electron chi connectivity index (χ0n) is 17.3. The number of nitrogens with one attached hydrogen (secondary N) is 1. The number of amides is 1. The van der Waals surface area contributed by atoms with Crippen LogP contribution in [-0.2, 0) is 11.3 Å². The lowest BCUT2D eigenvalue weighted by Gasteiger charge is -2.22. The highest BCUT2D eigenvalue weighted by atomic mass is 16.5. The Bertz CT molecular complexity index is 1020. The first kappa shape index (κ1) is 22.0. The van der Waals surface area contributed by atoms with Gasteiger partial charge in [0.15, 0.2) is 5.69 Å². The number of unbranched alkanes of at least 4 members (excludes halogenated alkanes) is 1. The fourth-order valence-electron chi connectivity index (χ4n) is 3.04. The van der Waals surface area contributed by atoms with Gasteiger partial charge in [0.25, 0.3) is 11.5 Å². The van der Waals surface area contributed by atoms with Gasteiger partial charge in [-0.25, -0.2) is 4.79 Å². The molecular formula is C21H28N4O4. The fraction of sp³-hybridized carbons (Fsp3) is 0.381. The second kappa shape index (κ2) is 9.77. The highest BCUT2D eigenvalue weighted by molar-refractivity contribution is 6.05. The molecule has 2 aromatic rings. The van der Waals surface area contributed by atoms with Gasteiger partial charge in [-0.2, -0.15) is 0 Å². The molecule has 8 heteroatoms. The number of nitrogen functional groups attached to an aromatic ring is 1. The molecule has 0 aliphatic rings. The van der Waals surface area contributed by atoms with Gasteiger partial charge >= 0.3 is 5.69 Å². The van der Waals surface area contributed by atoms with Crippen LogP contribution >= 0.6 is 0 Å². The molecule has 2 rings (SSSR count). The molecule has 3 N–H and O–H groups in total. The van der Waals surface area contributed by atoms with Gasteiger partial charge in [-0.1, -0.05) is 25.0 Å². The maximum atomic E-state index is 12.8. The van der Waals surface area contributed by atoms with E-state index < -0.39 is 17.2 Å². The number of likely N-dealkylation sites (N-methyl/N-ethyl adjacent to an activating group) is 1. The molecule has 0 saturated heterocycles. The Hall–Kier alpha value is -3.29.